The molecule has 0 aliphatic rings. The number of carbonyl (C=O) groups is 3. The van der Waals surface area contributed by atoms with E-state index in [1.165, 1.54) is 13.3 Å². The van der Waals surface area contributed by atoms with Gasteiger partial charge >= 0.3 is 18.2 Å². The van der Waals surface area contributed by atoms with Crippen molar-refractivity contribution in [1.29, 1.82) is 0 Å². The highest BCUT2D eigenvalue weighted by Crippen LogP contribution is 2.26. The molecule has 8 nitrogen and oxygen atoms in total. The summed E-state index contributed by atoms with van der Waals surface area (Å²) in [6.45, 7) is 10.00. The first-order valence-electron chi connectivity index (χ1n) is 7.14. The maximum absolute atomic E-state index is 12.4. The van der Waals surface area contributed by atoms with Crippen LogP contribution in [-0.2, 0) is 14.2 Å². The van der Waals surface area contributed by atoms with Crippen LogP contribution in [0.3, 0.4) is 0 Å². The Morgan fingerprint density at radius 2 is 1.46 bits per heavy atom. The van der Waals surface area contributed by atoms with E-state index in [9.17, 15) is 14.4 Å². The van der Waals surface area contributed by atoms with Crippen LogP contribution >= 0.6 is 11.3 Å². The molecule has 0 aromatic carbocycles. The Morgan fingerprint density at radius 1 is 1.00 bits per heavy atom. The molecule has 1 heterocycles. The van der Waals surface area contributed by atoms with Gasteiger partial charge in [0, 0.05) is 0 Å². The zero-order chi connectivity index (χ0) is 18.7. The molecular formula is C15H22N2O6S. The summed E-state index contributed by atoms with van der Waals surface area (Å²) in [5, 5.41) is -0.0427. The molecule has 0 aliphatic heterocycles. The molecule has 0 bridgehead atoms. The van der Waals surface area contributed by atoms with E-state index in [2.05, 4.69) is 9.72 Å². The average Bonchev–Trinajstić information content (AvgIpc) is 2.82. The van der Waals surface area contributed by atoms with Gasteiger partial charge in [0.1, 0.15) is 16.1 Å². The molecule has 0 unspecified atom stereocenters. The topological polar surface area (TPSA) is 95.0 Å². The molecule has 2 amide bonds. The molecule has 0 spiro atoms. The van der Waals surface area contributed by atoms with Crippen molar-refractivity contribution in [1.82, 2.24) is 4.98 Å². The van der Waals surface area contributed by atoms with Crippen LogP contribution in [0.1, 0.15) is 51.2 Å². The Kier molecular flexibility index (Phi) is 5.94. The van der Waals surface area contributed by atoms with Crippen molar-refractivity contribution in [2.75, 3.05) is 12.0 Å². The lowest BCUT2D eigenvalue weighted by molar-refractivity contribution is 0.0429. The molecule has 0 saturated carbocycles. The molecule has 1 aromatic heterocycles. The van der Waals surface area contributed by atoms with Crippen molar-refractivity contribution in [2.45, 2.75) is 52.7 Å². The molecule has 1 rings (SSSR count). The van der Waals surface area contributed by atoms with Crippen molar-refractivity contribution in [3.8, 4) is 0 Å². The summed E-state index contributed by atoms with van der Waals surface area (Å²) in [6, 6.07) is 0. The van der Waals surface area contributed by atoms with Crippen LogP contribution in [0.25, 0.3) is 0 Å². The van der Waals surface area contributed by atoms with Crippen LogP contribution in [0.5, 0.6) is 0 Å². The number of thiazole rings is 1. The smallest absolute Gasteiger partial charge is 0.426 e. The average molecular weight is 358 g/mol. The van der Waals surface area contributed by atoms with E-state index in [0.717, 1.165) is 11.3 Å². The van der Waals surface area contributed by atoms with Gasteiger partial charge in [-0.1, -0.05) is 11.3 Å². The minimum atomic E-state index is -0.942. The maximum atomic E-state index is 12.4. The maximum Gasteiger partial charge on any atom is 0.426 e. The molecule has 9 heteroatoms. The number of nitrogens with zero attached hydrogens (tertiary/aromatic N) is 2. The van der Waals surface area contributed by atoms with Gasteiger partial charge in [-0.25, -0.2) is 19.4 Å². The fraction of sp³-hybridized carbons (Fsp3) is 0.600. The van der Waals surface area contributed by atoms with Crippen molar-refractivity contribution >= 4 is 34.6 Å². The van der Waals surface area contributed by atoms with Crippen LogP contribution < -0.4 is 4.90 Å². The van der Waals surface area contributed by atoms with E-state index < -0.39 is 29.4 Å². The number of esters is 1. The van der Waals surface area contributed by atoms with E-state index in [0.29, 0.717) is 4.90 Å². The second kappa shape index (κ2) is 7.16. The summed E-state index contributed by atoms with van der Waals surface area (Å²) >= 11 is 0.821. The van der Waals surface area contributed by atoms with Crippen LogP contribution in [0.4, 0.5) is 14.7 Å². The van der Waals surface area contributed by atoms with Gasteiger partial charge in [-0.15, -0.1) is 0 Å². The minimum Gasteiger partial charge on any atom is -0.465 e. The number of aromatic nitrogens is 1. The van der Waals surface area contributed by atoms with Gasteiger partial charge in [-0.2, -0.15) is 4.90 Å². The first-order chi connectivity index (χ1) is 10.8. The molecule has 0 saturated heterocycles. The van der Waals surface area contributed by atoms with Crippen molar-refractivity contribution in [3.63, 3.8) is 0 Å². The van der Waals surface area contributed by atoms with E-state index in [1.54, 1.807) is 41.5 Å². The van der Waals surface area contributed by atoms with E-state index in [-0.39, 0.29) is 10.0 Å². The fourth-order valence-electron chi connectivity index (χ4n) is 1.41. The number of hydrogen-bond acceptors (Lipinski definition) is 8. The van der Waals surface area contributed by atoms with E-state index in [4.69, 9.17) is 9.47 Å². The minimum absolute atomic E-state index is 0.0427. The summed E-state index contributed by atoms with van der Waals surface area (Å²) in [4.78, 5) is 41.1. The predicted octanol–water partition coefficient (Wildman–Crippen LogP) is 3.61. The highest BCUT2D eigenvalue weighted by molar-refractivity contribution is 7.17. The monoisotopic (exact) mass is 358 g/mol. The number of carbonyl (C=O) groups excluding carboxylic acids is 3. The number of hydrogen-bond donors (Lipinski definition) is 0. The lowest BCUT2D eigenvalue weighted by atomic mass is 10.2. The third-order valence-electron chi connectivity index (χ3n) is 2.22. The SMILES string of the molecule is COC(=O)c1cnc(N(C(=O)OC(C)(C)C)C(=O)OC(C)(C)C)s1. The number of ether oxygens (including phenoxy) is 3. The molecule has 0 atom stereocenters. The number of anilines is 1. The van der Waals surface area contributed by atoms with Crippen molar-refractivity contribution < 1.29 is 28.6 Å². The summed E-state index contributed by atoms with van der Waals surface area (Å²) in [5.74, 6) is -0.618. The lowest BCUT2D eigenvalue weighted by Gasteiger charge is -2.27. The summed E-state index contributed by atoms with van der Waals surface area (Å²) in [5.41, 5.74) is -1.64. The Balaban J connectivity index is 3.18. The van der Waals surface area contributed by atoms with Crippen LogP contribution in [0, 0.1) is 0 Å². The van der Waals surface area contributed by atoms with Gasteiger partial charge < -0.3 is 14.2 Å². The van der Waals surface area contributed by atoms with Gasteiger partial charge in [-0.3, -0.25) is 0 Å². The Labute approximate surface area is 144 Å². The van der Waals surface area contributed by atoms with Crippen LogP contribution in [0.15, 0.2) is 6.20 Å². The molecule has 0 radical (unpaired) electrons. The number of methoxy groups -OCH3 is 1. The Hall–Kier alpha value is -2.16. The molecular weight excluding hydrogens is 336 g/mol. The standard InChI is InChI=1S/C15H22N2O6S/c1-14(2,3)22-12(19)17(13(20)23-15(4,5)6)11-16-8-9(24-11)10(18)21-7/h8H,1-7H3. The third kappa shape index (κ3) is 5.80. The molecule has 1 aromatic rings. The largest absolute Gasteiger partial charge is 0.465 e. The second-order valence-electron chi connectivity index (χ2n) is 6.79. The van der Waals surface area contributed by atoms with Gasteiger partial charge in [0.25, 0.3) is 0 Å². The third-order valence-corrected chi connectivity index (χ3v) is 3.19. The highest BCUT2D eigenvalue weighted by Gasteiger charge is 2.35. The van der Waals surface area contributed by atoms with Gasteiger partial charge in [-0.05, 0) is 41.5 Å². The van der Waals surface area contributed by atoms with Gasteiger partial charge in [0.2, 0.25) is 5.13 Å². The highest BCUT2D eigenvalue weighted by atomic mass is 32.1. The second-order valence-corrected chi connectivity index (χ2v) is 7.80. The summed E-state index contributed by atoms with van der Waals surface area (Å²) < 4.78 is 15.0. The van der Waals surface area contributed by atoms with Gasteiger partial charge in [0.05, 0.1) is 13.3 Å². The van der Waals surface area contributed by atoms with E-state index >= 15 is 0 Å². The molecule has 24 heavy (non-hydrogen) atoms. The lowest BCUT2D eigenvalue weighted by Crippen LogP contribution is -2.43. The Bertz CT molecular complexity index is 599. The quantitative estimate of drug-likeness (QED) is 0.588. The number of imide groups is 1. The zero-order valence-corrected chi connectivity index (χ0v) is 15.6. The van der Waals surface area contributed by atoms with Crippen LogP contribution in [-0.4, -0.2) is 41.5 Å². The summed E-state index contributed by atoms with van der Waals surface area (Å²) in [6.07, 6.45) is -0.668. The van der Waals surface area contributed by atoms with Gasteiger partial charge in [0.15, 0.2) is 0 Å². The van der Waals surface area contributed by atoms with Crippen molar-refractivity contribution in [3.05, 3.63) is 11.1 Å². The first kappa shape index (κ1) is 19.9. The predicted molar refractivity (Wildman–Crippen MR) is 88.4 cm³/mol. The first-order valence-corrected chi connectivity index (χ1v) is 7.96. The normalized spacial score (nSPS) is 11.6. The zero-order valence-electron chi connectivity index (χ0n) is 14.8. The molecule has 134 valence electrons. The van der Waals surface area contributed by atoms with Crippen molar-refractivity contribution in [2.24, 2.45) is 0 Å². The number of amides is 2. The molecule has 0 aliphatic carbocycles. The fourth-order valence-corrected chi connectivity index (χ4v) is 2.22. The van der Waals surface area contributed by atoms with Crippen LogP contribution in [0.2, 0.25) is 0 Å². The van der Waals surface area contributed by atoms with E-state index in [1.807, 2.05) is 0 Å². The molecule has 0 fully saturated rings. The summed E-state index contributed by atoms with van der Waals surface area (Å²) in [7, 11) is 1.22. The Morgan fingerprint density at radius 3 is 1.83 bits per heavy atom. The number of rotatable bonds is 2. The molecule has 0 N–H and O–H groups in total.